The Balaban J connectivity index is 1.62. The number of nitrogens with one attached hydrogen (secondary N) is 1. The Morgan fingerprint density at radius 1 is 1.04 bits per heavy atom. The summed E-state index contributed by atoms with van der Waals surface area (Å²) in [4.78, 5) is 13.4. The van der Waals surface area contributed by atoms with Crippen LogP contribution < -0.4 is 15.1 Å². The van der Waals surface area contributed by atoms with Crippen LogP contribution in [0.3, 0.4) is 0 Å². The van der Waals surface area contributed by atoms with E-state index in [9.17, 15) is 4.39 Å². The van der Waals surface area contributed by atoms with Gasteiger partial charge in [0.05, 0.1) is 5.69 Å². The quantitative estimate of drug-likeness (QED) is 0.763. The lowest BCUT2D eigenvalue weighted by molar-refractivity contribution is 0.596. The van der Waals surface area contributed by atoms with E-state index < -0.39 is 0 Å². The van der Waals surface area contributed by atoms with Gasteiger partial charge in [0.1, 0.15) is 23.3 Å². The largest absolute Gasteiger partial charge is 0.370 e. The minimum Gasteiger partial charge on any atom is -0.370 e. The number of hydrogen-bond donors (Lipinski definition) is 1. The van der Waals surface area contributed by atoms with Crippen molar-refractivity contribution in [1.29, 1.82) is 0 Å². The van der Waals surface area contributed by atoms with E-state index in [-0.39, 0.29) is 5.82 Å². The van der Waals surface area contributed by atoms with Crippen LogP contribution in [0.2, 0.25) is 0 Å². The van der Waals surface area contributed by atoms with Gasteiger partial charge in [-0.3, -0.25) is 0 Å². The van der Waals surface area contributed by atoms with Gasteiger partial charge >= 0.3 is 0 Å². The highest BCUT2D eigenvalue weighted by atomic mass is 19.1. The van der Waals surface area contributed by atoms with Crippen LogP contribution in [0.5, 0.6) is 0 Å². The second-order valence-corrected chi connectivity index (χ2v) is 6.72. The molecule has 6 heteroatoms. The molecule has 0 atom stereocenters. The lowest BCUT2D eigenvalue weighted by atomic mass is 10.2. The highest BCUT2D eigenvalue weighted by Crippen LogP contribution is 2.23. The van der Waals surface area contributed by atoms with Crippen molar-refractivity contribution in [3.63, 3.8) is 0 Å². The summed E-state index contributed by atoms with van der Waals surface area (Å²) in [5.74, 6) is 2.46. The fourth-order valence-electron chi connectivity index (χ4n) is 3.28. The number of aryl methyl sites for hydroxylation is 1. The molecule has 3 rings (SSSR count). The molecule has 0 amide bonds. The molecule has 140 valence electrons. The third kappa shape index (κ3) is 4.62. The second kappa shape index (κ2) is 8.83. The summed E-state index contributed by atoms with van der Waals surface area (Å²) in [5.41, 5.74) is 0.685. The van der Waals surface area contributed by atoms with Crippen LogP contribution in [-0.4, -0.2) is 42.7 Å². The molecule has 1 N–H and O–H groups in total. The van der Waals surface area contributed by atoms with Gasteiger partial charge in [0.15, 0.2) is 0 Å². The van der Waals surface area contributed by atoms with E-state index in [0.29, 0.717) is 5.69 Å². The zero-order valence-corrected chi connectivity index (χ0v) is 15.7. The van der Waals surface area contributed by atoms with Crippen LogP contribution >= 0.6 is 0 Å². The van der Waals surface area contributed by atoms with Crippen molar-refractivity contribution in [1.82, 2.24) is 9.97 Å². The topological polar surface area (TPSA) is 44.3 Å². The molecule has 2 heterocycles. The number of hydrogen-bond acceptors (Lipinski definition) is 5. The monoisotopic (exact) mass is 357 g/mol. The van der Waals surface area contributed by atoms with Crippen LogP contribution in [-0.2, 0) is 0 Å². The maximum Gasteiger partial charge on any atom is 0.146 e. The van der Waals surface area contributed by atoms with Crippen molar-refractivity contribution in [2.45, 2.75) is 33.1 Å². The summed E-state index contributed by atoms with van der Waals surface area (Å²) >= 11 is 0. The van der Waals surface area contributed by atoms with Crippen LogP contribution in [0.1, 0.15) is 32.0 Å². The molecule has 2 aromatic rings. The van der Waals surface area contributed by atoms with E-state index in [0.717, 1.165) is 56.6 Å². The molecule has 0 radical (unpaired) electrons. The minimum atomic E-state index is -0.155. The van der Waals surface area contributed by atoms with E-state index in [1.54, 1.807) is 6.07 Å². The van der Waals surface area contributed by atoms with Crippen molar-refractivity contribution >= 4 is 17.3 Å². The van der Waals surface area contributed by atoms with Crippen LogP contribution in [0.15, 0.2) is 30.3 Å². The van der Waals surface area contributed by atoms with Crippen molar-refractivity contribution in [2.75, 3.05) is 47.8 Å². The molecule has 1 saturated heterocycles. The SMILES string of the molecule is CCCCCNc1cc(N2CCN(c3ccccc3F)CC2)nc(C)n1. The van der Waals surface area contributed by atoms with Gasteiger partial charge in [-0.15, -0.1) is 0 Å². The summed E-state index contributed by atoms with van der Waals surface area (Å²) in [5, 5.41) is 3.40. The Hall–Kier alpha value is -2.37. The van der Waals surface area contributed by atoms with Gasteiger partial charge in [-0.05, 0) is 25.5 Å². The number of nitrogens with zero attached hydrogens (tertiary/aromatic N) is 4. The van der Waals surface area contributed by atoms with E-state index in [4.69, 9.17) is 0 Å². The number of piperazine rings is 1. The van der Waals surface area contributed by atoms with Crippen LogP contribution in [0.4, 0.5) is 21.7 Å². The van der Waals surface area contributed by atoms with Crippen LogP contribution in [0, 0.1) is 12.7 Å². The van der Waals surface area contributed by atoms with Gasteiger partial charge in [-0.2, -0.15) is 0 Å². The maximum atomic E-state index is 14.0. The fourth-order valence-corrected chi connectivity index (χ4v) is 3.28. The first-order chi connectivity index (χ1) is 12.7. The first-order valence-electron chi connectivity index (χ1n) is 9.51. The fraction of sp³-hybridized carbons (Fsp3) is 0.500. The molecule has 0 aliphatic carbocycles. The number of aromatic nitrogens is 2. The number of rotatable bonds is 7. The first kappa shape index (κ1) is 18.4. The first-order valence-corrected chi connectivity index (χ1v) is 9.51. The van der Waals surface area contributed by atoms with Crippen LogP contribution in [0.25, 0.3) is 0 Å². The van der Waals surface area contributed by atoms with Gasteiger partial charge in [-0.25, -0.2) is 14.4 Å². The van der Waals surface area contributed by atoms with Crippen molar-refractivity contribution in [3.05, 3.63) is 42.0 Å². The second-order valence-electron chi connectivity index (χ2n) is 6.72. The molecule has 26 heavy (non-hydrogen) atoms. The maximum absolute atomic E-state index is 14.0. The van der Waals surface area contributed by atoms with E-state index in [1.165, 1.54) is 18.9 Å². The average Bonchev–Trinajstić information content (AvgIpc) is 2.65. The molecule has 1 aliphatic heterocycles. The normalized spacial score (nSPS) is 14.6. The minimum absolute atomic E-state index is 0.155. The predicted molar refractivity (Wildman–Crippen MR) is 106 cm³/mol. The molecular weight excluding hydrogens is 329 g/mol. The molecule has 1 aromatic heterocycles. The Kier molecular flexibility index (Phi) is 6.26. The number of benzene rings is 1. The molecule has 0 unspecified atom stereocenters. The number of halogens is 1. The van der Waals surface area contributed by atoms with Gasteiger partial charge in [-0.1, -0.05) is 31.9 Å². The van der Waals surface area contributed by atoms with Gasteiger partial charge in [0, 0.05) is 38.8 Å². The molecule has 0 spiro atoms. The average molecular weight is 357 g/mol. The summed E-state index contributed by atoms with van der Waals surface area (Å²) in [6.45, 7) is 8.27. The van der Waals surface area contributed by atoms with Crippen molar-refractivity contribution in [3.8, 4) is 0 Å². The summed E-state index contributed by atoms with van der Waals surface area (Å²) in [6, 6.07) is 9.00. The Bertz CT molecular complexity index is 713. The third-order valence-corrected chi connectivity index (χ3v) is 4.71. The van der Waals surface area contributed by atoms with E-state index in [1.807, 2.05) is 25.1 Å². The summed E-state index contributed by atoms with van der Waals surface area (Å²) < 4.78 is 14.0. The smallest absolute Gasteiger partial charge is 0.146 e. The molecule has 1 fully saturated rings. The molecular formula is C20H28FN5. The summed E-state index contributed by atoms with van der Waals surface area (Å²) in [6.07, 6.45) is 3.58. The predicted octanol–water partition coefficient (Wildman–Crippen LogP) is 3.85. The zero-order valence-electron chi connectivity index (χ0n) is 15.7. The summed E-state index contributed by atoms with van der Waals surface area (Å²) in [7, 11) is 0. The Morgan fingerprint density at radius 2 is 1.77 bits per heavy atom. The van der Waals surface area contributed by atoms with E-state index in [2.05, 4.69) is 32.0 Å². The van der Waals surface area contributed by atoms with Crippen molar-refractivity contribution in [2.24, 2.45) is 0 Å². The van der Waals surface area contributed by atoms with E-state index >= 15 is 0 Å². The molecule has 1 aliphatic rings. The highest BCUT2D eigenvalue weighted by molar-refractivity contribution is 5.53. The van der Waals surface area contributed by atoms with Gasteiger partial charge in [0.2, 0.25) is 0 Å². The highest BCUT2D eigenvalue weighted by Gasteiger charge is 2.20. The molecule has 5 nitrogen and oxygen atoms in total. The lowest BCUT2D eigenvalue weighted by Gasteiger charge is -2.37. The Labute approximate surface area is 155 Å². The Morgan fingerprint density at radius 3 is 2.50 bits per heavy atom. The molecule has 1 aromatic carbocycles. The van der Waals surface area contributed by atoms with Crippen molar-refractivity contribution < 1.29 is 4.39 Å². The number of anilines is 3. The van der Waals surface area contributed by atoms with Gasteiger partial charge in [0.25, 0.3) is 0 Å². The standard InChI is InChI=1S/C20H28FN5/c1-3-4-7-10-22-19-15-20(24-16(2)23-19)26-13-11-25(12-14-26)18-9-6-5-8-17(18)21/h5-6,8-9,15H,3-4,7,10-14H2,1-2H3,(H,22,23,24). The molecule has 0 saturated carbocycles. The number of para-hydroxylation sites is 1. The number of unbranched alkanes of at least 4 members (excludes halogenated alkanes) is 2. The zero-order chi connectivity index (χ0) is 18.4. The van der Waals surface area contributed by atoms with Gasteiger partial charge < -0.3 is 15.1 Å². The third-order valence-electron chi connectivity index (χ3n) is 4.71. The molecule has 0 bridgehead atoms. The lowest BCUT2D eigenvalue weighted by Crippen LogP contribution is -2.47.